The summed E-state index contributed by atoms with van der Waals surface area (Å²) in [5, 5.41) is 0. The van der Waals surface area contributed by atoms with Gasteiger partial charge in [0, 0.05) is 0 Å². The van der Waals surface area contributed by atoms with Gasteiger partial charge in [0.15, 0.2) is 0 Å². The minimum Gasteiger partial charge on any atom is -1.00 e. The first-order valence-corrected chi connectivity index (χ1v) is 10.1. The lowest BCUT2D eigenvalue weighted by Gasteiger charge is -2.23. The van der Waals surface area contributed by atoms with Gasteiger partial charge in [-0.05, 0) is 6.42 Å². The summed E-state index contributed by atoms with van der Waals surface area (Å²) in [6.07, 6.45) is 15.2. The molecule has 0 saturated carbocycles. The van der Waals surface area contributed by atoms with Crippen molar-refractivity contribution in [3.8, 4) is 0 Å². The van der Waals surface area contributed by atoms with Crippen LogP contribution in [0.4, 0.5) is 4.79 Å². The maximum absolute atomic E-state index is 11.4. The number of unbranched alkanes of at least 4 members (excludes halogenated alkanes) is 11. The lowest BCUT2D eigenvalue weighted by Crippen LogP contribution is -3.00. The van der Waals surface area contributed by atoms with Gasteiger partial charge in [0.1, 0.15) is 13.2 Å². The van der Waals surface area contributed by atoms with Crippen molar-refractivity contribution < 1.29 is 31.2 Å². The number of hydrogen-bond acceptors (Lipinski definition) is 3. The van der Waals surface area contributed by atoms with Crippen molar-refractivity contribution in [1.82, 2.24) is 0 Å². The van der Waals surface area contributed by atoms with Crippen LogP contribution in [-0.4, -0.2) is 51.5 Å². The third-order valence-electron chi connectivity index (χ3n) is 4.20. The average molecular weight is 380 g/mol. The summed E-state index contributed by atoms with van der Waals surface area (Å²) >= 11 is 0. The molecule has 0 aromatic rings. The van der Waals surface area contributed by atoms with E-state index in [0.29, 0.717) is 13.2 Å². The maximum atomic E-state index is 11.4. The molecule has 0 aromatic heterocycles. The SMILES string of the molecule is CCCCCCCCCCCCCCOC(=O)OCC[N+](C)(C)C.[Cl-]. The second kappa shape index (κ2) is 18.3. The van der Waals surface area contributed by atoms with Gasteiger partial charge in [-0.25, -0.2) is 4.79 Å². The highest BCUT2D eigenvalue weighted by Crippen LogP contribution is 2.11. The minimum atomic E-state index is -0.522. The summed E-state index contributed by atoms with van der Waals surface area (Å²) < 4.78 is 10.9. The highest BCUT2D eigenvalue weighted by atomic mass is 35.5. The van der Waals surface area contributed by atoms with Gasteiger partial charge in [0.2, 0.25) is 0 Å². The molecule has 0 heterocycles. The van der Waals surface area contributed by atoms with E-state index in [0.717, 1.165) is 23.9 Å². The monoisotopic (exact) mass is 379 g/mol. The van der Waals surface area contributed by atoms with Crippen molar-refractivity contribution in [3.63, 3.8) is 0 Å². The normalized spacial score (nSPS) is 11.0. The molecule has 0 rings (SSSR count). The molecule has 0 bridgehead atoms. The zero-order chi connectivity index (χ0) is 18.1. The van der Waals surface area contributed by atoms with Crippen LogP contribution in [0.15, 0.2) is 0 Å². The van der Waals surface area contributed by atoms with E-state index < -0.39 is 6.16 Å². The molecular formula is C20H42ClNO3. The van der Waals surface area contributed by atoms with E-state index in [9.17, 15) is 4.79 Å². The van der Waals surface area contributed by atoms with E-state index in [2.05, 4.69) is 28.1 Å². The molecule has 0 fully saturated rings. The van der Waals surface area contributed by atoms with Crippen molar-refractivity contribution >= 4 is 6.16 Å². The topological polar surface area (TPSA) is 35.5 Å². The van der Waals surface area contributed by atoms with Crippen LogP contribution in [0.1, 0.15) is 84.0 Å². The van der Waals surface area contributed by atoms with Gasteiger partial charge in [0.25, 0.3) is 0 Å². The quantitative estimate of drug-likeness (QED) is 0.235. The number of hydrogen-bond donors (Lipinski definition) is 0. The van der Waals surface area contributed by atoms with Crippen LogP contribution in [0.2, 0.25) is 0 Å². The Morgan fingerprint density at radius 1 is 0.680 bits per heavy atom. The van der Waals surface area contributed by atoms with Crippen LogP contribution in [0.5, 0.6) is 0 Å². The summed E-state index contributed by atoms with van der Waals surface area (Å²) in [7, 11) is 6.21. The molecule has 0 aromatic carbocycles. The standard InChI is InChI=1S/C20H42NO3.ClH/c1-5-6-7-8-9-10-11-12-13-14-15-16-18-23-20(22)24-19-17-21(2,3)4;/h5-19H2,1-4H3;1H/q+1;/p-1. The minimum absolute atomic E-state index is 0. The summed E-state index contributed by atoms with van der Waals surface area (Å²) in [6, 6.07) is 0. The van der Waals surface area contributed by atoms with Crippen LogP contribution in [-0.2, 0) is 9.47 Å². The largest absolute Gasteiger partial charge is 1.00 e. The number of quaternary nitrogens is 1. The van der Waals surface area contributed by atoms with Crippen LogP contribution in [0.3, 0.4) is 0 Å². The summed E-state index contributed by atoms with van der Waals surface area (Å²) in [5.74, 6) is 0. The summed E-state index contributed by atoms with van der Waals surface area (Å²) in [5.41, 5.74) is 0. The highest BCUT2D eigenvalue weighted by molar-refractivity contribution is 5.59. The average Bonchev–Trinajstić information content (AvgIpc) is 2.50. The van der Waals surface area contributed by atoms with Gasteiger partial charge >= 0.3 is 6.16 Å². The summed E-state index contributed by atoms with van der Waals surface area (Å²) in [6.45, 7) is 3.97. The number of nitrogens with zero attached hydrogens (tertiary/aromatic N) is 1. The van der Waals surface area contributed by atoms with Crippen molar-refractivity contribution in [2.24, 2.45) is 0 Å². The van der Waals surface area contributed by atoms with Crippen molar-refractivity contribution in [2.75, 3.05) is 40.9 Å². The Bertz CT molecular complexity index is 293. The molecule has 0 amide bonds. The Hall–Kier alpha value is -0.480. The molecule has 0 aliphatic rings. The Balaban J connectivity index is 0. The number of halogens is 1. The zero-order valence-corrected chi connectivity index (χ0v) is 17.9. The number of carbonyl (C=O) groups excluding carboxylic acids is 1. The summed E-state index contributed by atoms with van der Waals surface area (Å²) in [4.78, 5) is 11.4. The van der Waals surface area contributed by atoms with Gasteiger partial charge in [-0.2, -0.15) is 0 Å². The molecule has 0 atom stereocenters. The first-order valence-electron chi connectivity index (χ1n) is 10.1. The molecule has 0 unspecified atom stereocenters. The second-order valence-electron chi connectivity index (χ2n) is 7.85. The molecule has 0 N–H and O–H groups in total. The van der Waals surface area contributed by atoms with Crippen LogP contribution in [0, 0.1) is 0 Å². The molecule has 0 spiro atoms. The molecule has 0 radical (unpaired) electrons. The van der Waals surface area contributed by atoms with Crippen LogP contribution < -0.4 is 12.4 Å². The predicted molar refractivity (Wildman–Crippen MR) is 101 cm³/mol. The van der Waals surface area contributed by atoms with Crippen molar-refractivity contribution in [2.45, 2.75) is 84.0 Å². The van der Waals surface area contributed by atoms with Crippen LogP contribution >= 0.6 is 0 Å². The molecule has 0 saturated heterocycles. The first kappa shape index (κ1) is 26.7. The van der Waals surface area contributed by atoms with E-state index in [-0.39, 0.29) is 12.4 Å². The number of rotatable bonds is 16. The van der Waals surface area contributed by atoms with E-state index in [1.54, 1.807) is 0 Å². The highest BCUT2D eigenvalue weighted by Gasteiger charge is 2.09. The Morgan fingerprint density at radius 2 is 1.08 bits per heavy atom. The van der Waals surface area contributed by atoms with Gasteiger partial charge in [-0.15, -0.1) is 0 Å². The van der Waals surface area contributed by atoms with Gasteiger partial charge in [0.05, 0.1) is 27.7 Å². The lowest BCUT2D eigenvalue weighted by atomic mass is 10.1. The number of ether oxygens (including phenoxy) is 2. The number of likely N-dealkylation sites (N-methyl/N-ethyl adjacent to an activating group) is 1. The zero-order valence-electron chi connectivity index (χ0n) is 17.2. The van der Waals surface area contributed by atoms with Crippen LogP contribution in [0.25, 0.3) is 0 Å². The van der Waals surface area contributed by atoms with Gasteiger partial charge < -0.3 is 26.4 Å². The van der Waals surface area contributed by atoms with E-state index in [1.165, 1.54) is 64.2 Å². The molecule has 25 heavy (non-hydrogen) atoms. The maximum Gasteiger partial charge on any atom is 0.508 e. The fourth-order valence-electron chi connectivity index (χ4n) is 2.54. The lowest BCUT2D eigenvalue weighted by molar-refractivity contribution is -0.870. The third kappa shape index (κ3) is 23.5. The predicted octanol–water partition coefficient (Wildman–Crippen LogP) is 2.55. The van der Waals surface area contributed by atoms with E-state index in [1.807, 2.05) is 0 Å². The molecule has 5 heteroatoms. The molecule has 0 aliphatic heterocycles. The van der Waals surface area contributed by atoms with Gasteiger partial charge in [-0.1, -0.05) is 77.6 Å². The first-order chi connectivity index (χ1) is 11.5. The molecule has 0 aliphatic carbocycles. The van der Waals surface area contributed by atoms with Crippen molar-refractivity contribution in [3.05, 3.63) is 0 Å². The Morgan fingerprint density at radius 3 is 1.52 bits per heavy atom. The van der Waals surface area contributed by atoms with E-state index in [4.69, 9.17) is 9.47 Å². The fourth-order valence-corrected chi connectivity index (χ4v) is 2.54. The van der Waals surface area contributed by atoms with Crippen molar-refractivity contribution in [1.29, 1.82) is 0 Å². The Labute approximate surface area is 162 Å². The molecule has 152 valence electrons. The smallest absolute Gasteiger partial charge is 0.508 e. The third-order valence-corrected chi connectivity index (χ3v) is 4.20. The Kier molecular flexibility index (Phi) is 19.6. The fraction of sp³-hybridized carbons (Fsp3) is 0.950. The molecule has 4 nitrogen and oxygen atoms in total. The van der Waals surface area contributed by atoms with Gasteiger partial charge in [-0.3, -0.25) is 0 Å². The number of carbonyl (C=O) groups is 1. The van der Waals surface area contributed by atoms with E-state index >= 15 is 0 Å². The second-order valence-corrected chi connectivity index (χ2v) is 7.85. The molecular weight excluding hydrogens is 338 g/mol.